The summed E-state index contributed by atoms with van der Waals surface area (Å²) in [5.41, 5.74) is -0.0646. The summed E-state index contributed by atoms with van der Waals surface area (Å²) in [4.78, 5) is 11.5. The maximum absolute atomic E-state index is 11.5. The topological polar surface area (TPSA) is 61.4 Å². The molecular weight excluding hydrogens is 284 g/mol. The molecule has 0 atom stereocenters. The highest BCUT2D eigenvalue weighted by Crippen LogP contribution is 2.15. The molecule has 4 nitrogen and oxygen atoms in total. The molecule has 0 aliphatic carbocycles. The molecule has 0 aliphatic rings. The third-order valence-corrected chi connectivity index (χ3v) is 2.44. The van der Waals surface area contributed by atoms with Crippen LogP contribution in [0.5, 0.6) is 0 Å². The van der Waals surface area contributed by atoms with Gasteiger partial charge in [0, 0.05) is 16.7 Å². The van der Waals surface area contributed by atoms with Crippen molar-refractivity contribution in [1.29, 1.82) is 0 Å². The Kier molecular flexibility index (Phi) is 5.11. The lowest BCUT2D eigenvalue weighted by Crippen LogP contribution is -2.38. The van der Waals surface area contributed by atoms with Crippen LogP contribution < -0.4 is 10.6 Å². The summed E-state index contributed by atoms with van der Waals surface area (Å²) >= 11 is 3.33. The van der Waals surface area contributed by atoms with Crippen LogP contribution in [0.15, 0.2) is 28.7 Å². The Morgan fingerprint density at radius 2 is 2.18 bits per heavy atom. The molecule has 0 aliphatic heterocycles. The first-order valence-corrected chi connectivity index (χ1v) is 6.15. The molecule has 0 aromatic heterocycles. The van der Waals surface area contributed by atoms with Crippen molar-refractivity contribution < 1.29 is 9.90 Å². The van der Waals surface area contributed by atoms with Gasteiger partial charge in [-0.1, -0.05) is 22.0 Å². The van der Waals surface area contributed by atoms with E-state index in [2.05, 4.69) is 26.6 Å². The lowest BCUT2D eigenvalue weighted by Gasteiger charge is -2.17. The Bertz CT molecular complexity index is 388. The number of aliphatic hydroxyl groups is 1. The number of carbonyl (C=O) groups is 1. The Morgan fingerprint density at radius 3 is 2.76 bits per heavy atom. The van der Waals surface area contributed by atoms with Crippen molar-refractivity contribution in [3.8, 4) is 0 Å². The highest BCUT2D eigenvalue weighted by Gasteiger charge is 2.12. The van der Waals surface area contributed by atoms with Crippen molar-refractivity contribution in [2.75, 3.05) is 18.4 Å². The van der Waals surface area contributed by atoms with Gasteiger partial charge in [-0.05, 0) is 32.0 Å². The van der Waals surface area contributed by atoms with Gasteiger partial charge in [0.05, 0.1) is 12.1 Å². The van der Waals surface area contributed by atoms with Gasteiger partial charge in [-0.3, -0.25) is 4.79 Å². The van der Waals surface area contributed by atoms with Crippen LogP contribution in [-0.4, -0.2) is 29.7 Å². The molecule has 1 aromatic rings. The second-order valence-electron chi connectivity index (χ2n) is 4.47. The quantitative estimate of drug-likeness (QED) is 0.776. The van der Waals surface area contributed by atoms with Crippen LogP contribution in [-0.2, 0) is 4.79 Å². The number of anilines is 1. The standard InChI is InChI=1S/C12H17BrN2O2/c1-12(2,17)8-14-7-11(16)15-10-5-3-4-9(13)6-10/h3-6,14,17H,7-8H2,1-2H3,(H,15,16). The van der Waals surface area contributed by atoms with Crippen LogP contribution in [0.3, 0.4) is 0 Å². The van der Waals surface area contributed by atoms with Gasteiger partial charge in [0.25, 0.3) is 0 Å². The summed E-state index contributed by atoms with van der Waals surface area (Å²) in [6, 6.07) is 7.39. The second-order valence-corrected chi connectivity index (χ2v) is 5.39. The fraction of sp³-hybridized carbons (Fsp3) is 0.417. The molecule has 5 heteroatoms. The summed E-state index contributed by atoms with van der Waals surface area (Å²) < 4.78 is 0.916. The molecule has 0 saturated carbocycles. The number of nitrogens with one attached hydrogen (secondary N) is 2. The molecule has 0 fully saturated rings. The summed E-state index contributed by atoms with van der Waals surface area (Å²) in [5, 5.41) is 15.1. The minimum Gasteiger partial charge on any atom is -0.389 e. The van der Waals surface area contributed by atoms with Crippen molar-refractivity contribution in [1.82, 2.24) is 5.32 Å². The average Bonchev–Trinajstić information content (AvgIpc) is 2.15. The number of carbonyl (C=O) groups excluding carboxylic acids is 1. The minimum absolute atomic E-state index is 0.132. The van der Waals surface area contributed by atoms with E-state index >= 15 is 0 Å². The van der Waals surface area contributed by atoms with Gasteiger partial charge in [0.2, 0.25) is 5.91 Å². The molecule has 3 N–H and O–H groups in total. The number of benzene rings is 1. The predicted octanol–water partition coefficient (Wildman–Crippen LogP) is 1.75. The maximum atomic E-state index is 11.5. The molecule has 0 bridgehead atoms. The molecule has 0 saturated heterocycles. The van der Waals surface area contributed by atoms with E-state index in [1.54, 1.807) is 13.8 Å². The van der Waals surface area contributed by atoms with Gasteiger partial charge in [0.1, 0.15) is 0 Å². The molecule has 0 heterocycles. The number of hydrogen-bond donors (Lipinski definition) is 3. The lowest BCUT2D eigenvalue weighted by molar-refractivity contribution is -0.115. The second kappa shape index (κ2) is 6.14. The average molecular weight is 301 g/mol. The van der Waals surface area contributed by atoms with E-state index in [0.29, 0.717) is 6.54 Å². The molecule has 1 aromatic carbocycles. The van der Waals surface area contributed by atoms with Gasteiger partial charge >= 0.3 is 0 Å². The SMILES string of the molecule is CC(C)(O)CNCC(=O)Nc1cccc(Br)c1. The zero-order valence-electron chi connectivity index (χ0n) is 9.96. The third kappa shape index (κ3) is 6.41. The molecular formula is C12H17BrN2O2. The molecule has 0 spiro atoms. The molecule has 1 rings (SSSR count). The Balaban J connectivity index is 2.35. The highest BCUT2D eigenvalue weighted by atomic mass is 79.9. The smallest absolute Gasteiger partial charge is 0.238 e. The van der Waals surface area contributed by atoms with Gasteiger partial charge in [0.15, 0.2) is 0 Å². The van der Waals surface area contributed by atoms with Gasteiger partial charge in [-0.2, -0.15) is 0 Å². The fourth-order valence-electron chi connectivity index (χ4n) is 1.25. The summed E-state index contributed by atoms with van der Waals surface area (Å²) in [5.74, 6) is -0.132. The van der Waals surface area contributed by atoms with E-state index in [1.807, 2.05) is 24.3 Å². The summed E-state index contributed by atoms with van der Waals surface area (Å²) in [6.07, 6.45) is 0. The van der Waals surface area contributed by atoms with Crippen LogP contribution in [0.4, 0.5) is 5.69 Å². The van der Waals surface area contributed by atoms with Crippen molar-refractivity contribution in [2.24, 2.45) is 0 Å². The van der Waals surface area contributed by atoms with Crippen molar-refractivity contribution in [2.45, 2.75) is 19.4 Å². The van der Waals surface area contributed by atoms with Gasteiger partial charge < -0.3 is 15.7 Å². The van der Waals surface area contributed by atoms with E-state index in [0.717, 1.165) is 10.2 Å². The zero-order valence-corrected chi connectivity index (χ0v) is 11.5. The van der Waals surface area contributed by atoms with Crippen LogP contribution in [0.1, 0.15) is 13.8 Å². The minimum atomic E-state index is -0.809. The van der Waals surface area contributed by atoms with Crippen molar-refractivity contribution in [3.63, 3.8) is 0 Å². The lowest BCUT2D eigenvalue weighted by atomic mass is 10.1. The van der Waals surface area contributed by atoms with Crippen LogP contribution in [0.25, 0.3) is 0 Å². The maximum Gasteiger partial charge on any atom is 0.238 e. The number of rotatable bonds is 5. The van der Waals surface area contributed by atoms with E-state index in [-0.39, 0.29) is 12.5 Å². The van der Waals surface area contributed by atoms with Crippen LogP contribution >= 0.6 is 15.9 Å². The fourth-order valence-corrected chi connectivity index (χ4v) is 1.65. The van der Waals surface area contributed by atoms with Crippen molar-refractivity contribution >= 4 is 27.5 Å². The first-order chi connectivity index (χ1) is 7.87. The van der Waals surface area contributed by atoms with E-state index < -0.39 is 5.60 Å². The first kappa shape index (κ1) is 14.2. The highest BCUT2D eigenvalue weighted by molar-refractivity contribution is 9.10. The molecule has 1 amide bonds. The first-order valence-electron chi connectivity index (χ1n) is 5.35. The molecule has 94 valence electrons. The molecule has 0 unspecified atom stereocenters. The largest absolute Gasteiger partial charge is 0.389 e. The van der Waals surface area contributed by atoms with E-state index in [1.165, 1.54) is 0 Å². The third-order valence-electron chi connectivity index (χ3n) is 1.95. The number of halogens is 1. The Morgan fingerprint density at radius 1 is 1.47 bits per heavy atom. The van der Waals surface area contributed by atoms with E-state index in [4.69, 9.17) is 0 Å². The normalized spacial score (nSPS) is 11.3. The van der Waals surface area contributed by atoms with Crippen molar-refractivity contribution in [3.05, 3.63) is 28.7 Å². The van der Waals surface area contributed by atoms with Gasteiger partial charge in [-0.25, -0.2) is 0 Å². The molecule has 17 heavy (non-hydrogen) atoms. The number of amides is 1. The number of hydrogen-bond acceptors (Lipinski definition) is 3. The summed E-state index contributed by atoms with van der Waals surface area (Å²) in [6.45, 7) is 3.92. The Hall–Kier alpha value is -0.910. The molecule has 0 radical (unpaired) electrons. The zero-order chi connectivity index (χ0) is 12.9. The van der Waals surface area contributed by atoms with E-state index in [9.17, 15) is 9.90 Å². The van der Waals surface area contributed by atoms with Crippen LogP contribution in [0.2, 0.25) is 0 Å². The Labute approximate surface area is 110 Å². The summed E-state index contributed by atoms with van der Waals surface area (Å²) in [7, 11) is 0. The predicted molar refractivity (Wildman–Crippen MR) is 71.9 cm³/mol. The van der Waals surface area contributed by atoms with Crippen LogP contribution in [0, 0.1) is 0 Å². The monoisotopic (exact) mass is 300 g/mol. The van der Waals surface area contributed by atoms with Gasteiger partial charge in [-0.15, -0.1) is 0 Å².